The van der Waals surface area contributed by atoms with Crippen molar-refractivity contribution >= 4 is 11.9 Å². The molecule has 0 unspecified atom stereocenters. The molecule has 7 heteroatoms. The third-order valence-corrected chi connectivity index (χ3v) is 2.35. The molecule has 0 aliphatic heterocycles. The first-order valence-electron chi connectivity index (χ1n) is 4.73. The summed E-state index contributed by atoms with van der Waals surface area (Å²) < 4.78 is 4.76. The minimum atomic E-state index is -1.60. The van der Waals surface area contributed by atoms with Crippen LogP contribution in [-0.2, 0) is 14.3 Å². The third-order valence-electron chi connectivity index (χ3n) is 2.35. The number of carboxylic acids is 2. The summed E-state index contributed by atoms with van der Waals surface area (Å²) in [5.41, 5.74) is -0.335. The molecule has 1 aliphatic carbocycles. The van der Waals surface area contributed by atoms with Crippen LogP contribution in [0.3, 0.4) is 0 Å². The van der Waals surface area contributed by atoms with Crippen molar-refractivity contribution in [1.29, 1.82) is 0 Å². The molecule has 0 heterocycles. The van der Waals surface area contributed by atoms with Gasteiger partial charge in [-0.05, 0) is 13.0 Å². The van der Waals surface area contributed by atoms with Crippen molar-refractivity contribution in [3.8, 4) is 0 Å². The number of carbonyl (C=O) groups is 2. The van der Waals surface area contributed by atoms with E-state index in [9.17, 15) is 19.8 Å². The topological polar surface area (TPSA) is 124 Å². The lowest BCUT2D eigenvalue weighted by Crippen LogP contribution is -2.45. The maximum Gasteiger partial charge on any atom is 0.370 e. The predicted molar refractivity (Wildman–Crippen MR) is 54.0 cm³/mol. The summed E-state index contributed by atoms with van der Waals surface area (Å²) in [7, 11) is 0. The molecule has 0 spiro atoms. The Labute approximate surface area is 96.3 Å². The lowest BCUT2D eigenvalue weighted by Gasteiger charge is -2.31. The Morgan fingerprint density at radius 3 is 2.41 bits per heavy atom. The number of rotatable bonds is 4. The molecule has 0 amide bonds. The van der Waals surface area contributed by atoms with Crippen LogP contribution in [0.4, 0.5) is 0 Å². The van der Waals surface area contributed by atoms with Gasteiger partial charge in [0, 0.05) is 0 Å². The highest BCUT2D eigenvalue weighted by Crippen LogP contribution is 2.24. The van der Waals surface area contributed by atoms with E-state index in [4.69, 9.17) is 14.9 Å². The summed E-state index contributed by atoms with van der Waals surface area (Å²) in [6, 6.07) is 0. The second kappa shape index (κ2) is 4.98. The van der Waals surface area contributed by atoms with Crippen molar-refractivity contribution in [3.63, 3.8) is 0 Å². The van der Waals surface area contributed by atoms with Gasteiger partial charge in [0.25, 0.3) is 0 Å². The van der Waals surface area contributed by atoms with Gasteiger partial charge in [0.15, 0.2) is 11.9 Å². The maximum atomic E-state index is 10.7. The lowest BCUT2D eigenvalue weighted by molar-refractivity contribution is -0.143. The largest absolute Gasteiger partial charge is 0.478 e. The average molecular weight is 244 g/mol. The van der Waals surface area contributed by atoms with Gasteiger partial charge in [0.1, 0.15) is 6.10 Å². The average Bonchev–Trinajstić information content (AvgIpc) is 2.22. The first-order chi connectivity index (χ1) is 7.84. The van der Waals surface area contributed by atoms with Gasteiger partial charge in [-0.25, -0.2) is 9.59 Å². The number of hydrogen-bond donors (Lipinski definition) is 4. The highest BCUT2D eigenvalue weighted by molar-refractivity contribution is 5.88. The summed E-state index contributed by atoms with van der Waals surface area (Å²) in [6.07, 6.45) is -3.02. The normalized spacial score (nSPS) is 28.1. The first kappa shape index (κ1) is 13.2. The smallest absolute Gasteiger partial charge is 0.370 e. The second-order valence-corrected chi connectivity index (χ2v) is 3.52. The summed E-state index contributed by atoms with van der Waals surface area (Å²) in [6.45, 7) is 3.08. The van der Waals surface area contributed by atoms with Gasteiger partial charge in [-0.15, -0.1) is 0 Å². The van der Waals surface area contributed by atoms with Gasteiger partial charge in [0.2, 0.25) is 0 Å². The van der Waals surface area contributed by atoms with E-state index >= 15 is 0 Å². The van der Waals surface area contributed by atoms with Crippen LogP contribution in [0, 0.1) is 0 Å². The van der Waals surface area contributed by atoms with Crippen molar-refractivity contribution in [1.82, 2.24) is 0 Å². The number of carboxylic acid groups (broad SMARTS) is 2. The highest BCUT2D eigenvalue weighted by Gasteiger charge is 2.38. The van der Waals surface area contributed by atoms with Crippen LogP contribution in [0.15, 0.2) is 24.0 Å². The molecule has 0 aromatic heterocycles. The number of aliphatic hydroxyl groups is 2. The Kier molecular flexibility index (Phi) is 3.87. The molecule has 0 fully saturated rings. The van der Waals surface area contributed by atoms with Gasteiger partial charge in [-0.3, -0.25) is 0 Å². The Morgan fingerprint density at radius 2 is 1.94 bits per heavy atom. The molecule has 17 heavy (non-hydrogen) atoms. The Bertz CT molecular complexity index is 384. The van der Waals surface area contributed by atoms with Crippen molar-refractivity contribution in [3.05, 3.63) is 24.0 Å². The zero-order chi connectivity index (χ0) is 13.2. The van der Waals surface area contributed by atoms with Crippen molar-refractivity contribution in [2.75, 3.05) is 0 Å². The summed E-state index contributed by atoms with van der Waals surface area (Å²) >= 11 is 0. The number of aliphatic hydroxyl groups excluding tert-OH is 2. The lowest BCUT2D eigenvalue weighted by atomic mass is 9.91. The summed E-state index contributed by atoms with van der Waals surface area (Å²) in [5, 5.41) is 36.4. The fourth-order valence-corrected chi connectivity index (χ4v) is 1.46. The van der Waals surface area contributed by atoms with E-state index in [2.05, 4.69) is 6.58 Å². The number of ether oxygens (including phenoxy) is 1. The van der Waals surface area contributed by atoms with Crippen molar-refractivity contribution in [2.24, 2.45) is 0 Å². The quantitative estimate of drug-likeness (QED) is 0.373. The molecular formula is C10H12O7. The van der Waals surface area contributed by atoms with Gasteiger partial charge in [0.05, 0.1) is 11.7 Å². The van der Waals surface area contributed by atoms with E-state index in [1.165, 1.54) is 6.08 Å². The van der Waals surface area contributed by atoms with E-state index in [0.717, 1.165) is 0 Å². The molecule has 1 rings (SSSR count). The van der Waals surface area contributed by atoms with Gasteiger partial charge < -0.3 is 25.2 Å². The molecule has 0 radical (unpaired) electrons. The van der Waals surface area contributed by atoms with Crippen molar-refractivity contribution in [2.45, 2.75) is 24.7 Å². The molecule has 94 valence electrons. The molecule has 0 bridgehead atoms. The number of hydrogen-bond acceptors (Lipinski definition) is 5. The van der Waals surface area contributed by atoms with Crippen LogP contribution >= 0.6 is 0 Å². The first-order valence-corrected chi connectivity index (χ1v) is 4.73. The van der Waals surface area contributed by atoms with Crippen LogP contribution in [0.25, 0.3) is 0 Å². The van der Waals surface area contributed by atoms with Crippen LogP contribution < -0.4 is 0 Å². The minimum Gasteiger partial charge on any atom is -0.478 e. The molecule has 4 N–H and O–H groups in total. The molecule has 0 aromatic carbocycles. The maximum absolute atomic E-state index is 10.7. The predicted octanol–water partition coefficient (Wildman–Crippen LogP) is -0.894. The van der Waals surface area contributed by atoms with E-state index in [1.54, 1.807) is 0 Å². The summed E-state index contributed by atoms with van der Waals surface area (Å²) in [4.78, 5) is 21.2. The van der Waals surface area contributed by atoms with Crippen LogP contribution in [-0.4, -0.2) is 50.7 Å². The van der Waals surface area contributed by atoms with E-state index in [-0.39, 0.29) is 12.0 Å². The molecule has 0 saturated heterocycles. The molecule has 1 aliphatic rings. The Hall–Kier alpha value is -1.86. The molecule has 7 nitrogen and oxygen atoms in total. The van der Waals surface area contributed by atoms with E-state index < -0.39 is 36.0 Å². The Balaban J connectivity index is 2.85. The van der Waals surface area contributed by atoms with Crippen LogP contribution in [0.1, 0.15) is 6.42 Å². The third kappa shape index (κ3) is 2.83. The monoisotopic (exact) mass is 244 g/mol. The van der Waals surface area contributed by atoms with E-state index in [0.29, 0.717) is 0 Å². The van der Waals surface area contributed by atoms with Crippen LogP contribution in [0.5, 0.6) is 0 Å². The SMILES string of the molecule is C=C(O[C@H]1[C@H](O)C(C(=O)O)=CC[C@@H]1O)C(=O)O. The fourth-order valence-electron chi connectivity index (χ4n) is 1.46. The fraction of sp³-hybridized carbons (Fsp3) is 0.400. The molecular weight excluding hydrogens is 232 g/mol. The van der Waals surface area contributed by atoms with Gasteiger partial charge >= 0.3 is 11.9 Å². The summed E-state index contributed by atoms with van der Waals surface area (Å²) in [5.74, 6) is -3.46. The zero-order valence-corrected chi connectivity index (χ0v) is 8.74. The van der Waals surface area contributed by atoms with Crippen LogP contribution in [0.2, 0.25) is 0 Å². The van der Waals surface area contributed by atoms with E-state index in [1.807, 2.05) is 0 Å². The zero-order valence-electron chi connectivity index (χ0n) is 8.74. The second-order valence-electron chi connectivity index (χ2n) is 3.52. The Morgan fingerprint density at radius 1 is 1.35 bits per heavy atom. The van der Waals surface area contributed by atoms with Crippen molar-refractivity contribution < 1.29 is 34.8 Å². The van der Waals surface area contributed by atoms with Gasteiger partial charge in [-0.2, -0.15) is 0 Å². The molecule has 0 aromatic rings. The number of aliphatic carboxylic acids is 2. The highest BCUT2D eigenvalue weighted by atomic mass is 16.5. The van der Waals surface area contributed by atoms with Gasteiger partial charge in [-0.1, -0.05) is 6.08 Å². The molecule has 0 saturated carbocycles. The minimum absolute atomic E-state index is 0.0454. The molecule has 3 atom stereocenters. The standard InChI is InChI=1S/C10H12O7/c1-4(9(13)14)17-8-6(11)3-2-5(7(8)12)10(15)16/h2,6-8,11-12H,1,3H2,(H,13,14)(H,15,16)/t6-,7+,8+/m0/s1.